The predicted molar refractivity (Wildman–Crippen MR) is 99.9 cm³/mol. The number of nitrogens with zero attached hydrogens (tertiary/aromatic N) is 1. The molecule has 0 radical (unpaired) electrons. The fourth-order valence-corrected chi connectivity index (χ4v) is 3.59. The molecule has 1 saturated carbocycles. The third-order valence-corrected chi connectivity index (χ3v) is 5.49. The molecule has 132 valence electrons. The first-order valence-electron chi connectivity index (χ1n) is 8.81. The number of nitrogens with one attached hydrogen (secondary N) is 2. The molecule has 6 heteroatoms. The Labute approximate surface area is 153 Å². The number of para-hydroxylation sites is 1. The van der Waals surface area contributed by atoms with Crippen LogP contribution in [0.3, 0.4) is 0 Å². The van der Waals surface area contributed by atoms with E-state index in [0.717, 1.165) is 25.6 Å². The average Bonchev–Trinajstić information content (AvgIpc) is 3.40. The van der Waals surface area contributed by atoms with Crippen LogP contribution in [0.5, 0.6) is 0 Å². The molecule has 1 aromatic rings. The van der Waals surface area contributed by atoms with Crippen LogP contribution in [0.2, 0.25) is 10.0 Å². The van der Waals surface area contributed by atoms with Gasteiger partial charge in [0.15, 0.2) is 0 Å². The highest BCUT2D eigenvalue weighted by Gasteiger charge is 2.24. The lowest BCUT2D eigenvalue weighted by Crippen LogP contribution is -2.43. The molecule has 1 aromatic carbocycles. The summed E-state index contributed by atoms with van der Waals surface area (Å²) in [4.78, 5) is 14.5. The van der Waals surface area contributed by atoms with Crippen LogP contribution in [0.4, 0.5) is 5.69 Å². The van der Waals surface area contributed by atoms with Crippen molar-refractivity contribution in [2.24, 2.45) is 5.92 Å². The number of benzene rings is 1. The van der Waals surface area contributed by atoms with Crippen LogP contribution >= 0.6 is 23.2 Å². The van der Waals surface area contributed by atoms with Crippen molar-refractivity contribution in [2.75, 3.05) is 31.5 Å². The van der Waals surface area contributed by atoms with Gasteiger partial charge in [-0.25, -0.2) is 0 Å². The molecule has 1 amide bonds. The highest BCUT2D eigenvalue weighted by atomic mass is 35.5. The summed E-state index contributed by atoms with van der Waals surface area (Å²) in [5.41, 5.74) is 0.508. The van der Waals surface area contributed by atoms with Crippen LogP contribution < -0.4 is 10.6 Å². The Morgan fingerprint density at radius 2 is 1.79 bits per heavy atom. The van der Waals surface area contributed by atoms with Crippen LogP contribution in [0.15, 0.2) is 18.2 Å². The van der Waals surface area contributed by atoms with Crippen LogP contribution in [-0.2, 0) is 4.79 Å². The third-order valence-electron chi connectivity index (χ3n) is 4.86. The number of amides is 1. The lowest BCUT2D eigenvalue weighted by Gasteiger charge is -2.32. The van der Waals surface area contributed by atoms with E-state index in [1.807, 2.05) is 0 Å². The SMILES string of the molecule is O=C(CCN1CCC(NCC2CC2)CC1)Nc1c(Cl)cccc1Cl. The van der Waals surface area contributed by atoms with Gasteiger partial charge in [-0.15, -0.1) is 0 Å². The molecule has 0 atom stereocenters. The fraction of sp³-hybridized carbons (Fsp3) is 0.611. The summed E-state index contributed by atoms with van der Waals surface area (Å²) in [6, 6.07) is 5.87. The van der Waals surface area contributed by atoms with E-state index in [1.165, 1.54) is 32.2 Å². The predicted octanol–water partition coefficient (Wildman–Crippen LogP) is 3.79. The largest absolute Gasteiger partial charge is 0.324 e. The summed E-state index contributed by atoms with van der Waals surface area (Å²) in [7, 11) is 0. The monoisotopic (exact) mass is 369 g/mol. The van der Waals surface area contributed by atoms with Crippen molar-refractivity contribution in [1.82, 2.24) is 10.2 Å². The Kier molecular flexibility index (Phi) is 6.39. The van der Waals surface area contributed by atoms with Crippen LogP contribution in [0.25, 0.3) is 0 Å². The second kappa shape index (κ2) is 8.52. The van der Waals surface area contributed by atoms with Crippen molar-refractivity contribution in [2.45, 2.75) is 38.1 Å². The Morgan fingerprint density at radius 1 is 1.12 bits per heavy atom. The maximum absolute atomic E-state index is 12.1. The van der Waals surface area contributed by atoms with Crippen LogP contribution in [-0.4, -0.2) is 43.0 Å². The van der Waals surface area contributed by atoms with Crippen molar-refractivity contribution < 1.29 is 4.79 Å². The minimum absolute atomic E-state index is 0.0426. The number of hydrogen-bond donors (Lipinski definition) is 2. The van der Waals surface area contributed by atoms with E-state index < -0.39 is 0 Å². The molecule has 2 N–H and O–H groups in total. The number of carbonyl (C=O) groups is 1. The topological polar surface area (TPSA) is 44.4 Å². The molecule has 3 rings (SSSR count). The lowest BCUT2D eigenvalue weighted by molar-refractivity contribution is -0.116. The highest BCUT2D eigenvalue weighted by molar-refractivity contribution is 6.39. The van der Waals surface area contributed by atoms with E-state index in [9.17, 15) is 4.79 Å². The van der Waals surface area contributed by atoms with Crippen molar-refractivity contribution in [3.05, 3.63) is 28.2 Å². The van der Waals surface area contributed by atoms with Crippen LogP contribution in [0, 0.1) is 5.92 Å². The first-order chi connectivity index (χ1) is 11.6. The second-order valence-corrected chi connectivity index (χ2v) is 7.68. The van der Waals surface area contributed by atoms with Gasteiger partial charge in [0.25, 0.3) is 0 Å². The molecule has 4 nitrogen and oxygen atoms in total. The van der Waals surface area contributed by atoms with E-state index >= 15 is 0 Å². The molecule has 0 spiro atoms. The molecule has 2 fully saturated rings. The van der Waals surface area contributed by atoms with Gasteiger partial charge in [-0.1, -0.05) is 29.3 Å². The molecule has 24 heavy (non-hydrogen) atoms. The van der Waals surface area contributed by atoms with E-state index in [-0.39, 0.29) is 5.91 Å². The molecule has 1 saturated heterocycles. The number of hydrogen-bond acceptors (Lipinski definition) is 3. The average molecular weight is 370 g/mol. The Morgan fingerprint density at radius 3 is 2.42 bits per heavy atom. The summed E-state index contributed by atoms with van der Waals surface area (Å²) < 4.78 is 0. The molecule has 0 bridgehead atoms. The molecule has 1 aliphatic heterocycles. The number of carbonyl (C=O) groups excluding carboxylic acids is 1. The minimum atomic E-state index is -0.0426. The smallest absolute Gasteiger partial charge is 0.225 e. The molecule has 2 aliphatic rings. The van der Waals surface area contributed by atoms with Crippen molar-refractivity contribution >= 4 is 34.8 Å². The quantitative estimate of drug-likeness (QED) is 0.768. The highest BCUT2D eigenvalue weighted by Crippen LogP contribution is 2.30. The van der Waals surface area contributed by atoms with Crippen LogP contribution in [0.1, 0.15) is 32.1 Å². The first-order valence-corrected chi connectivity index (χ1v) is 9.57. The number of rotatable bonds is 7. The van der Waals surface area contributed by atoms with Gasteiger partial charge in [0, 0.05) is 19.0 Å². The van der Waals surface area contributed by atoms with Gasteiger partial charge in [-0.2, -0.15) is 0 Å². The van der Waals surface area contributed by atoms with Crippen molar-refractivity contribution in [3.63, 3.8) is 0 Å². The fourth-order valence-electron chi connectivity index (χ4n) is 3.09. The van der Waals surface area contributed by atoms with Gasteiger partial charge in [-0.3, -0.25) is 4.79 Å². The van der Waals surface area contributed by atoms with E-state index in [4.69, 9.17) is 23.2 Å². The summed E-state index contributed by atoms with van der Waals surface area (Å²) >= 11 is 12.2. The number of likely N-dealkylation sites (tertiary alicyclic amines) is 1. The normalized spacial score (nSPS) is 19.4. The molecule has 0 aromatic heterocycles. The van der Waals surface area contributed by atoms with Crippen molar-refractivity contribution in [1.29, 1.82) is 0 Å². The number of piperidine rings is 1. The molecular formula is C18H25Cl2N3O. The Bertz CT molecular complexity index is 549. The third kappa shape index (κ3) is 5.35. The minimum Gasteiger partial charge on any atom is -0.324 e. The zero-order valence-corrected chi connectivity index (χ0v) is 15.4. The Hall–Kier alpha value is -0.810. The maximum atomic E-state index is 12.1. The van der Waals surface area contributed by atoms with E-state index in [2.05, 4.69) is 15.5 Å². The van der Waals surface area contributed by atoms with Gasteiger partial charge < -0.3 is 15.5 Å². The number of halogens is 2. The Balaban J connectivity index is 1.36. The maximum Gasteiger partial charge on any atom is 0.225 e. The molecule has 0 unspecified atom stereocenters. The molecular weight excluding hydrogens is 345 g/mol. The zero-order chi connectivity index (χ0) is 16.9. The standard InChI is InChI=1S/C18H25Cl2N3O/c19-15-2-1-3-16(20)18(15)22-17(24)8-11-23-9-6-14(7-10-23)21-12-13-4-5-13/h1-3,13-14,21H,4-12H2,(H,22,24). The molecule has 1 aliphatic carbocycles. The lowest BCUT2D eigenvalue weighted by atomic mass is 10.0. The summed E-state index contributed by atoms with van der Waals surface area (Å²) in [6.07, 6.45) is 5.60. The van der Waals surface area contributed by atoms with Gasteiger partial charge >= 0.3 is 0 Å². The van der Waals surface area contributed by atoms with E-state index in [0.29, 0.717) is 28.2 Å². The summed E-state index contributed by atoms with van der Waals surface area (Å²) in [5, 5.41) is 7.44. The van der Waals surface area contributed by atoms with Crippen molar-refractivity contribution in [3.8, 4) is 0 Å². The second-order valence-electron chi connectivity index (χ2n) is 6.86. The summed E-state index contributed by atoms with van der Waals surface area (Å²) in [5.74, 6) is 0.891. The zero-order valence-electron chi connectivity index (χ0n) is 13.9. The van der Waals surface area contributed by atoms with Gasteiger partial charge in [0.2, 0.25) is 5.91 Å². The first kappa shape index (κ1) is 18.0. The van der Waals surface area contributed by atoms with E-state index in [1.54, 1.807) is 18.2 Å². The van der Waals surface area contributed by atoms with Gasteiger partial charge in [0.1, 0.15) is 0 Å². The summed E-state index contributed by atoms with van der Waals surface area (Å²) in [6.45, 7) is 4.08. The molecule has 1 heterocycles. The van der Waals surface area contributed by atoms with Gasteiger partial charge in [-0.05, 0) is 63.4 Å². The van der Waals surface area contributed by atoms with Gasteiger partial charge in [0.05, 0.1) is 15.7 Å². The number of anilines is 1.